The summed E-state index contributed by atoms with van der Waals surface area (Å²) >= 11 is 4.88. The van der Waals surface area contributed by atoms with Crippen LogP contribution in [0.1, 0.15) is 11.1 Å². The highest BCUT2D eigenvalue weighted by atomic mass is 79.9. The summed E-state index contributed by atoms with van der Waals surface area (Å²) in [6.07, 6.45) is 1.71. The first kappa shape index (κ1) is 13.4. The highest BCUT2D eigenvalue weighted by Crippen LogP contribution is 2.31. The van der Waals surface area contributed by atoms with Crippen LogP contribution in [0, 0.1) is 13.8 Å². The number of benzene rings is 1. The minimum atomic E-state index is 0.553. The van der Waals surface area contributed by atoms with Gasteiger partial charge in [0.2, 0.25) is 5.88 Å². The van der Waals surface area contributed by atoms with Crippen molar-refractivity contribution in [3.8, 4) is 5.88 Å². The van der Waals surface area contributed by atoms with Gasteiger partial charge in [-0.25, -0.2) is 4.98 Å². The third kappa shape index (κ3) is 3.03. The van der Waals surface area contributed by atoms with Crippen molar-refractivity contribution in [3.05, 3.63) is 40.0 Å². The van der Waals surface area contributed by atoms with Crippen LogP contribution in [0.15, 0.2) is 38.9 Å². The highest BCUT2D eigenvalue weighted by molar-refractivity contribution is 9.10. The van der Waals surface area contributed by atoms with Gasteiger partial charge in [-0.2, -0.15) is 4.98 Å². The first-order chi connectivity index (χ1) is 8.60. The van der Waals surface area contributed by atoms with Crippen LogP contribution in [0.2, 0.25) is 0 Å². The van der Waals surface area contributed by atoms with Crippen molar-refractivity contribution in [2.24, 2.45) is 0 Å². The number of hydrogen-bond acceptors (Lipinski definition) is 4. The molecule has 2 aromatic rings. The van der Waals surface area contributed by atoms with Crippen LogP contribution in [0.5, 0.6) is 5.88 Å². The largest absolute Gasteiger partial charge is 0.480 e. The van der Waals surface area contributed by atoms with Gasteiger partial charge in [0.15, 0.2) is 5.16 Å². The van der Waals surface area contributed by atoms with Gasteiger partial charge in [-0.3, -0.25) is 0 Å². The van der Waals surface area contributed by atoms with Gasteiger partial charge in [0.25, 0.3) is 0 Å². The van der Waals surface area contributed by atoms with E-state index in [1.54, 1.807) is 13.3 Å². The molecule has 0 fully saturated rings. The van der Waals surface area contributed by atoms with E-state index in [9.17, 15) is 0 Å². The number of halogens is 1. The molecule has 0 amide bonds. The third-order valence-electron chi connectivity index (χ3n) is 2.41. The summed E-state index contributed by atoms with van der Waals surface area (Å²) in [6, 6.07) is 6.33. The molecule has 0 saturated heterocycles. The molecule has 5 heteroatoms. The Balaban J connectivity index is 2.28. The topological polar surface area (TPSA) is 35.0 Å². The summed E-state index contributed by atoms with van der Waals surface area (Å²) in [5.74, 6) is 0.553. The number of nitrogens with zero attached hydrogens (tertiary/aromatic N) is 2. The molecule has 0 aliphatic rings. The zero-order chi connectivity index (χ0) is 13.1. The van der Waals surface area contributed by atoms with Gasteiger partial charge >= 0.3 is 0 Å². The predicted octanol–water partition coefficient (Wildman–Crippen LogP) is 4.02. The summed E-state index contributed by atoms with van der Waals surface area (Å²) in [7, 11) is 1.60. The molecule has 1 aromatic heterocycles. The minimum absolute atomic E-state index is 0.553. The molecule has 0 spiro atoms. The minimum Gasteiger partial charge on any atom is -0.480 e. The number of methoxy groups -OCH3 is 1. The van der Waals surface area contributed by atoms with E-state index in [1.807, 2.05) is 0 Å². The quantitative estimate of drug-likeness (QED) is 0.799. The molecule has 1 heterocycles. The lowest BCUT2D eigenvalue weighted by atomic mass is 10.2. The molecule has 94 valence electrons. The van der Waals surface area contributed by atoms with Crippen molar-refractivity contribution in [2.45, 2.75) is 23.9 Å². The fraction of sp³-hybridized carbons (Fsp3) is 0.231. The fourth-order valence-electron chi connectivity index (χ4n) is 1.54. The number of rotatable bonds is 3. The van der Waals surface area contributed by atoms with Gasteiger partial charge in [-0.1, -0.05) is 17.7 Å². The molecule has 0 unspecified atom stereocenters. The normalized spacial score (nSPS) is 10.4. The Labute approximate surface area is 119 Å². The second-order valence-corrected chi connectivity index (χ2v) is 5.74. The number of aromatic nitrogens is 2. The Morgan fingerprint density at radius 1 is 1.28 bits per heavy atom. The lowest BCUT2D eigenvalue weighted by Gasteiger charge is -2.07. The summed E-state index contributed by atoms with van der Waals surface area (Å²) in [5.41, 5.74) is 2.48. The maximum atomic E-state index is 5.16. The first-order valence-electron chi connectivity index (χ1n) is 5.42. The second-order valence-electron chi connectivity index (χ2n) is 3.88. The molecule has 0 aliphatic carbocycles. The number of aryl methyl sites for hydroxylation is 2. The van der Waals surface area contributed by atoms with Crippen LogP contribution in [-0.2, 0) is 0 Å². The molecule has 0 bridgehead atoms. The zero-order valence-corrected chi connectivity index (χ0v) is 12.8. The van der Waals surface area contributed by atoms with Crippen LogP contribution in [-0.4, -0.2) is 17.1 Å². The monoisotopic (exact) mass is 324 g/mol. The van der Waals surface area contributed by atoms with Crippen molar-refractivity contribution < 1.29 is 4.74 Å². The Morgan fingerprint density at radius 2 is 2.06 bits per heavy atom. The average molecular weight is 325 g/mol. The van der Waals surface area contributed by atoms with E-state index in [0.29, 0.717) is 11.0 Å². The van der Waals surface area contributed by atoms with E-state index in [-0.39, 0.29) is 0 Å². The van der Waals surface area contributed by atoms with Crippen LogP contribution < -0.4 is 4.74 Å². The first-order valence-corrected chi connectivity index (χ1v) is 7.02. The summed E-state index contributed by atoms with van der Waals surface area (Å²) in [5, 5.41) is 0.682. The SMILES string of the molecule is COc1nc(Sc2ccc(C)cc2C)ncc1Br. The van der Waals surface area contributed by atoms with Crippen LogP contribution in [0.3, 0.4) is 0 Å². The standard InChI is InChI=1S/C13H13BrN2OS/c1-8-4-5-11(9(2)6-8)18-13-15-7-10(14)12(16-13)17-3/h4-7H,1-3H3. The Hall–Kier alpha value is -1.07. The maximum absolute atomic E-state index is 5.16. The van der Waals surface area contributed by atoms with Gasteiger partial charge in [0, 0.05) is 11.1 Å². The molecule has 0 aliphatic heterocycles. The van der Waals surface area contributed by atoms with E-state index in [1.165, 1.54) is 22.9 Å². The molecular formula is C13H13BrN2OS. The van der Waals surface area contributed by atoms with E-state index in [4.69, 9.17) is 4.74 Å². The fourth-order valence-corrected chi connectivity index (χ4v) is 2.68. The van der Waals surface area contributed by atoms with E-state index in [2.05, 4.69) is 57.9 Å². The van der Waals surface area contributed by atoms with Crippen LogP contribution >= 0.6 is 27.7 Å². The van der Waals surface area contributed by atoms with Crippen molar-refractivity contribution >= 4 is 27.7 Å². The van der Waals surface area contributed by atoms with Crippen molar-refractivity contribution in [1.29, 1.82) is 0 Å². The third-order valence-corrected chi connectivity index (χ3v) is 4.02. The predicted molar refractivity (Wildman–Crippen MR) is 76.3 cm³/mol. The summed E-state index contributed by atoms with van der Waals surface area (Å²) in [4.78, 5) is 9.76. The van der Waals surface area contributed by atoms with Crippen molar-refractivity contribution in [1.82, 2.24) is 9.97 Å². The number of ether oxygens (including phenoxy) is 1. The average Bonchev–Trinajstić information content (AvgIpc) is 2.35. The molecule has 2 rings (SSSR count). The lowest BCUT2D eigenvalue weighted by Crippen LogP contribution is -1.93. The molecule has 3 nitrogen and oxygen atoms in total. The summed E-state index contributed by atoms with van der Waals surface area (Å²) < 4.78 is 5.92. The van der Waals surface area contributed by atoms with Gasteiger partial charge in [0.1, 0.15) is 0 Å². The van der Waals surface area contributed by atoms with Crippen LogP contribution in [0.25, 0.3) is 0 Å². The Morgan fingerprint density at radius 3 is 2.72 bits per heavy atom. The molecule has 1 aromatic carbocycles. The molecule has 0 saturated carbocycles. The Bertz CT molecular complexity index is 575. The summed E-state index contributed by atoms with van der Waals surface area (Å²) in [6.45, 7) is 4.17. The maximum Gasteiger partial charge on any atom is 0.231 e. The van der Waals surface area contributed by atoms with Gasteiger partial charge in [-0.05, 0) is 53.2 Å². The Kier molecular flexibility index (Phi) is 4.24. The highest BCUT2D eigenvalue weighted by Gasteiger charge is 2.08. The van der Waals surface area contributed by atoms with Crippen molar-refractivity contribution in [2.75, 3.05) is 7.11 Å². The van der Waals surface area contributed by atoms with Crippen molar-refractivity contribution in [3.63, 3.8) is 0 Å². The molecular weight excluding hydrogens is 312 g/mol. The van der Waals surface area contributed by atoms with Gasteiger partial charge in [-0.15, -0.1) is 0 Å². The molecule has 18 heavy (non-hydrogen) atoms. The van der Waals surface area contributed by atoms with Gasteiger partial charge in [0.05, 0.1) is 11.6 Å². The van der Waals surface area contributed by atoms with E-state index >= 15 is 0 Å². The van der Waals surface area contributed by atoms with Crippen LogP contribution in [0.4, 0.5) is 0 Å². The smallest absolute Gasteiger partial charge is 0.231 e. The van der Waals surface area contributed by atoms with Gasteiger partial charge < -0.3 is 4.74 Å². The molecule has 0 N–H and O–H groups in total. The second kappa shape index (κ2) is 5.71. The van der Waals surface area contributed by atoms with E-state index < -0.39 is 0 Å². The number of hydrogen-bond donors (Lipinski definition) is 0. The van der Waals surface area contributed by atoms with E-state index in [0.717, 1.165) is 9.37 Å². The molecule has 0 atom stereocenters. The zero-order valence-electron chi connectivity index (χ0n) is 10.4. The lowest BCUT2D eigenvalue weighted by molar-refractivity contribution is 0.389. The molecule has 0 radical (unpaired) electrons.